The molecule has 0 fully saturated rings. The van der Waals surface area contributed by atoms with Crippen molar-refractivity contribution in [1.29, 1.82) is 0 Å². The molecule has 1 heterocycles. The first-order valence-electron chi connectivity index (χ1n) is 6.00. The van der Waals surface area contributed by atoms with Gasteiger partial charge in [-0.25, -0.2) is 4.98 Å². The lowest BCUT2D eigenvalue weighted by Crippen LogP contribution is -2.25. The van der Waals surface area contributed by atoms with Crippen molar-refractivity contribution in [1.82, 2.24) is 9.97 Å². The SMILES string of the molecule is Cc1ncc(NCC(O)CC(C)(C)C)nc1C. The first-order valence-corrected chi connectivity index (χ1v) is 6.00. The average molecular weight is 237 g/mol. The second-order valence-electron chi connectivity index (χ2n) is 5.73. The Morgan fingerprint density at radius 1 is 1.29 bits per heavy atom. The summed E-state index contributed by atoms with van der Waals surface area (Å²) in [5.74, 6) is 0.723. The average Bonchev–Trinajstić information content (AvgIpc) is 2.17. The highest BCUT2D eigenvalue weighted by molar-refractivity contribution is 5.33. The highest BCUT2D eigenvalue weighted by Crippen LogP contribution is 2.20. The van der Waals surface area contributed by atoms with E-state index < -0.39 is 0 Å². The summed E-state index contributed by atoms with van der Waals surface area (Å²) in [6.45, 7) is 10.7. The van der Waals surface area contributed by atoms with Crippen LogP contribution in [0.25, 0.3) is 0 Å². The standard InChI is InChI=1S/C13H23N3O/c1-9-10(2)16-12(8-14-9)15-7-11(17)6-13(3,4)5/h8,11,17H,6-7H2,1-5H3,(H,15,16). The molecule has 0 aliphatic carbocycles. The minimum Gasteiger partial charge on any atom is -0.391 e. The van der Waals surface area contributed by atoms with Crippen LogP contribution in [0.3, 0.4) is 0 Å². The maximum Gasteiger partial charge on any atom is 0.144 e. The molecule has 1 unspecified atom stereocenters. The minimum absolute atomic E-state index is 0.135. The molecule has 0 aliphatic heterocycles. The minimum atomic E-state index is -0.363. The molecule has 0 radical (unpaired) electrons. The summed E-state index contributed by atoms with van der Waals surface area (Å²) in [5, 5.41) is 13.0. The number of anilines is 1. The number of aromatic nitrogens is 2. The number of rotatable bonds is 4. The molecule has 0 aromatic carbocycles. The van der Waals surface area contributed by atoms with Crippen molar-refractivity contribution in [3.63, 3.8) is 0 Å². The molecule has 1 rings (SSSR count). The summed E-state index contributed by atoms with van der Waals surface area (Å²) in [6, 6.07) is 0. The van der Waals surface area contributed by atoms with Crippen LogP contribution in [-0.4, -0.2) is 27.7 Å². The van der Waals surface area contributed by atoms with Gasteiger partial charge in [-0.05, 0) is 25.7 Å². The highest BCUT2D eigenvalue weighted by atomic mass is 16.3. The lowest BCUT2D eigenvalue weighted by Gasteiger charge is -2.22. The van der Waals surface area contributed by atoms with Gasteiger partial charge < -0.3 is 10.4 Å². The summed E-state index contributed by atoms with van der Waals surface area (Å²) in [6.07, 6.45) is 2.10. The van der Waals surface area contributed by atoms with Crippen LogP contribution in [0, 0.1) is 19.3 Å². The van der Waals surface area contributed by atoms with Crippen molar-refractivity contribution < 1.29 is 5.11 Å². The molecule has 4 heteroatoms. The van der Waals surface area contributed by atoms with Crippen molar-refractivity contribution >= 4 is 5.82 Å². The van der Waals surface area contributed by atoms with E-state index in [-0.39, 0.29) is 11.5 Å². The van der Waals surface area contributed by atoms with E-state index in [1.165, 1.54) is 0 Å². The first-order chi connectivity index (χ1) is 7.78. The van der Waals surface area contributed by atoms with Crippen LogP contribution in [-0.2, 0) is 0 Å². The third-order valence-electron chi connectivity index (χ3n) is 2.56. The highest BCUT2D eigenvalue weighted by Gasteiger charge is 2.16. The van der Waals surface area contributed by atoms with E-state index in [0.29, 0.717) is 6.54 Å². The van der Waals surface area contributed by atoms with E-state index in [1.54, 1.807) is 6.20 Å². The molecule has 0 amide bonds. The van der Waals surface area contributed by atoms with Gasteiger partial charge in [0.05, 0.1) is 23.7 Å². The number of hydrogen-bond donors (Lipinski definition) is 2. The maximum absolute atomic E-state index is 9.86. The van der Waals surface area contributed by atoms with Gasteiger partial charge in [0.25, 0.3) is 0 Å². The molecule has 4 nitrogen and oxygen atoms in total. The molecule has 1 aromatic heterocycles. The zero-order chi connectivity index (χ0) is 13.1. The molecular weight excluding hydrogens is 214 g/mol. The van der Waals surface area contributed by atoms with Gasteiger partial charge in [0, 0.05) is 6.54 Å². The van der Waals surface area contributed by atoms with Gasteiger partial charge in [-0.15, -0.1) is 0 Å². The van der Waals surface area contributed by atoms with E-state index in [1.807, 2.05) is 13.8 Å². The van der Waals surface area contributed by atoms with E-state index >= 15 is 0 Å². The van der Waals surface area contributed by atoms with Crippen molar-refractivity contribution in [2.45, 2.75) is 47.1 Å². The Bertz CT molecular complexity index is 371. The molecular formula is C13H23N3O. The van der Waals surface area contributed by atoms with Crippen molar-refractivity contribution in [3.05, 3.63) is 17.6 Å². The van der Waals surface area contributed by atoms with Crippen molar-refractivity contribution in [3.8, 4) is 0 Å². The monoisotopic (exact) mass is 237 g/mol. The van der Waals surface area contributed by atoms with E-state index in [4.69, 9.17) is 0 Å². The quantitative estimate of drug-likeness (QED) is 0.843. The second kappa shape index (κ2) is 5.45. The van der Waals surface area contributed by atoms with Crippen LogP contribution in [0.5, 0.6) is 0 Å². The van der Waals surface area contributed by atoms with Gasteiger partial charge in [0.1, 0.15) is 5.82 Å². The Morgan fingerprint density at radius 2 is 1.94 bits per heavy atom. The van der Waals surface area contributed by atoms with Gasteiger partial charge in [0.2, 0.25) is 0 Å². The summed E-state index contributed by atoms with van der Waals surface area (Å²) >= 11 is 0. The van der Waals surface area contributed by atoms with Crippen LogP contribution >= 0.6 is 0 Å². The molecule has 1 aromatic rings. The Labute approximate surface area is 103 Å². The predicted octanol–water partition coefficient (Wildman–Crippen LogP) is 2.30. The Balaban J connectivity index is 2.47. The predicted molar refractivity (Wildman–Crippen MR) is 70.1 cm³/mol. The largest absolute Gasteiger partial charge is 0.391 e. The smallest absolute Gasteiger partial charge is 0.144 e. The molecule has 0 saturated heterocycles. The number of aliphatic hydroxyl groups is 1. The molecule has 0 aliphatic rings. The molecule has 96 valence electrons. The van der Waals surface area contributed by atoms with Crippen LogP contribution in [0.15, 0.2) is 6.20 Å². The van der Waals surface area contributed by atoms with Gasteiger partial charge in [0.15, 0.2) is 0 Å². The summed E-state index contributed by atoms with van der Waals surface area (Å²) in [5.41, 5.74) is 1.99. The second-order valence-corrected chi connectivity index (χ2v) is 5.73. The van der Waals surface area contributed by atoms with E-state index in [0.717, 1.165) is 23.6 Å². The van der Waals surface area contributed by atoms with Gasteiger partial charge in [-0.2, -0.15) is 0 Å². The fraction of sp³-hybridized carbons (Fsp3) is 0.692. The fourth-order valence-electron chi connectivity index (χ4n) is 1.63. The van der Waals surface area contributed by atoms with E-state index in [9.17, 15) is 5.11 Å². The normalized spacial score (nSPS) is 13.5. The summed E-state index contributed by atoms with van der Waals surface area (Å²) in [4.78, 5) is 8.58. The zero-order valence-electron chi connectivity index (χ0n) is 11.4. The lowest BCUT2D eigenvalue weighted by atomic mass is 9.89. The summed E-state index contributed by atoms with van der Waals surface area (Å²) in [7, 11) is 0. The summed E-state index contributed by atoms with van der Waals surface area (Å²) < 4.78 is 0. The Morgan fingerprint density at radius 3 is 2.47 bits per heavy atom. The van der Waals surface area contributed by atoms with Crippen LogP contribution in [0.4, 0.5) is 5.82 Å². The van der Waals surface area contributed by atoms with Crippen LogP contribution in [0.2, 0.25) is 0 Å². The molecule has 0 saturated carbocycles. The molecule has 2 N–H and O–H groups in total. The number of hydrogen-bond acceptors (Lipinski definition) is 4. The van der Waals surface area contributed by atoms with Crippen LogP contribution < -0.4 is 5.32 Å². The lowest BCUT2D eigenvalue weighted by molar-refractivity contribution is 0.132. The molecule has 1 atom stereocenters. The van der Waals surface area contributed by atoms with Crippen molar-refractivity contribution in [2.24, 2.45) is 5.41 Å². The first kappa shape index (κ1) is 13.9. The van der Waals surface area contributed by atoms with Gasteiger partial charge in [-0.3, -0.25) is 4.98 Å². The Kier molecular flexibility index (Phi) is 4.46. The topological polar surface area (TPSA) is 58.0 Å². The molecule has 0 spiro atoms. The zero-order valence-corrected chi connectivity index (χ0v) is 11.4. The number of nitrogens with zero attached hydrogens (tertiary/aromatic N) is 2. The third kappa shape index (κ3) is 5.13. The van der Waals surface area contributed by atoms with Crippen molar-refractivity contribution in [2.75, 3.05) is 11.9 Å². The number of aryl methyl sites for hydroxylation is 2. The van der Waals surface area contributed by atoms with Gasteiger partial charge >= 0.3 is 0 Å². The number of aliphatic hydroxyl groups excluding tert-OH is 1. The van der Waals surface area contributed by atoms with Gasteiger partial charge in [-0.1, -0.05) is 20.8 Å². The Hall–Kier alpha value is -1.16. The molecule has 0 bridgehead atoms. The van der Waals surface area contributed by atoms with E-state index in [2.05, 4.69) is 36.1 Å². The molecule has 17 heavy (non-hydrogen) atoms. The maximum atomic E-state index is 9.86. The third-order valence-corrected chi connectivity index (χ3v) is 2.56. The van der Waals surface area contributed by atoms with Crippen LogP contribution in [0.1, 0.15) is 38.6 Å². The number of nitrogens with one attached hydrogen (secondary N) is 1. The fourth-order valence-corrected chi connectivity index (χ4v) is 1.63.